The van der Waals surface area contributed by atoms with Crippen LogP contribution in [-0.4, -0.2) is 62.3 Å². The fourth-order valence-electron chi connectivity index (χ4n) is 2.43. The van der Waals surface area contributed by atoms with Crippen LogP contribution in [0.2, 0.25) is 0 Å². The SMILES string of the molecule is COCCNC(=O)N1CCN(Cc2ccc(C)cc2)CC1. The Kier molecular flexibility index (Phi) is 6.02. The number of aryl methyl sites for hydroxylation is 1. The molecule has 0 bridgehead atoms. The van der Waals surface area contributed by atoms with Gasteiger partial charge in [0.1, 0.15) is 0 Å². The van der Waals surface area contributed by atoms with Crippen LogP contribution in [0.25, 0.3) is 0 Å². The van der Waals surface area contributed by atoms with Gasteiger partial charge in [0, 0.05) is 46.4 Å². The van der Waals surface area contributed by atoms with E-state index < -0.39 is 0 Å². The Morgan fingerprint density at radius 2 is 1.86 bits per heavy atom. The van der Waals surface area contributed by atoms with Gasteiger partial charge in [0.15, 0.2) is 0 Å². The van der Waals surface area contributed by atoms with Gasteiger partial charge in [-0.3, -0.25) is 4.90 Å². The minimum Gasteiger partial charge on any atom is -0.383 e. The van der Waals surface area contributed by atoms with E-state index in [1.165, 1.54) is 11.1 Å². The van der Waals surface area contributed by atoms with Gasteiger partial charge in [0.05, 0.1) is 6.61 Å². The van der Waals surface area contributed by atoms with E-state index in [2.05, 4.69) is 41.4 Å². The van der Waals surface area contributed by atoms with E-state index in [4.69, 9.17) is 4.74 Å². The quantitative estimate of drug-likeness (QED) is 0.836. The van der Waals surface area contributed by atoms with Crippen LogP contribution in [-0.2, 0) is 11.3 Å². The van der Waals surface area contributed by atoms with Crippen LogP contribution < -0.4 is 5.32 Å². The van der Waals surface area contributed by atoms with Crippen LogP contribution in [0.5, 0.6) is 0 Å². The molecule has 0 atom stereocenters. The lowest BCUT2D eigenvalue weighted by Crippen LogP contribution is -2.51. The molecule has 1 fully saturated rings. The number of amides is 2. The molecular formula is C16H25N3O2. The zero-order valence-corrected chi connectivity index (χ0v) is 13.0. The number of nitrogens with zero attached hydrogens (tertiary/aromatic N) is 2. The number of carbonyl (C=O) groups is 1. The normalized spacial score (nSPS) is 16.0. The van der Waals surface area contributed by atoms with E-state index in [9.17, 15) is 4.79 Å². The second kappa shape index (κ2) is 8.00. The lowest BCUT2D eigenvalue weighted by Gasteiger charge is -2.34. The molecule has 1 aliphatic rings. The number of nitrogens with one attached hydrogen (secondary N) is 1. The first-order chi connectivity index (χ1) is 10.2. The first-order valence-corrected chi connectivity index (χ1v) is 7.48. The third kappa shape index (κ3) is 5.02. The van der Waals surface area contributed by atoms with Gasteiger partial charge in [0.25, 0.3) is 0 Å². The molecule has 21 heavy (non-hydrogen) atoms. The summed E-state index contributed by atoms with van der Waals surface area (Å²) in [4.78, 5) is 16.2. The molecule has 5 nitrogen and oxygen atoms in total. The molecule has 0 aliphatic carbocycles. The minimum atomic E-state index is 0.0158. The largest absolute Gasteiger partial charge is 0.383 e. The molecule has 0 aromatic heterocycles. The Bertz CT molecular complexity index is 439. The third-order valence-electron chi connectivity index (χ3n) is 3.77. The lowest BCUT2D eigenvalue weighted by atomic mass is 10.1. The Morgan fingerprint density at radius 3 is 2.48 bits per heavy atom. The van der Waals surface area contributed by atoms with Gasteiger partial charge in [-0.25, -0.2) is 4.79 Å². The highest BCUT2D eigenvalue weighted by Crippen LogP contribution is 2.09. The van der Waals surface area contributed by atoms with E-state index in [0.29, 0.717) is 13.2 Å². The molecule has 2 amide bonds. The molecule has 116 valence electrons. The average Bonchev–Trinajstić information content (AvgIpc) is 2.50. The third-order valence-corrected chi connectivity index (χ3v) is 3.77. The summed E-state index contributed by atoms with van der Waals surface area (Å²) in [6, 6.07) is 8.67. The monoisotopic (exact) mass is 291 g/mol. The highest BCUT2D eigenvalue weighted by molar-refractivity contribution is 5.74. The predicted molar refractivity (Wildman–Crippen MR) is 83.3 cm³/mol. The summed E-state index contributed by atoms with van der Waals surface area (Å²) in [6.45, 7) is 7.59. The van der Waals surface area contributed by atoms with Gasteiger partial charge in [-0.1, -0.05) is 29.8 Å². The molecule has 5 heteroatoms. The fraction of sp³-hybridized carbons (Fsp3) is 0.562. The van der Waals surface area contributed by atoms with Gasteiger partial charge < -0.3 is 15.0 Å². The number of rotatable bonds is 5. The summed E-state index contributed by atoms with van der Waals surface area (Å²) in [5.41, 5.74) is 2.62. The second-order valence-electron chi connectivity index (χ2n) is 5.47. The van der Waals surface area contributed by atoms with Crippen LogP contribution in [0.4, 0.5) is 4.79 Å². The number of carbonyl (C=O) groups excluding carboxylic acids is 1. The summed E-state index contributed by atoms with van der Waals surface area (Å²) >= 11 is 0. The fourth-order valence-corrected chi connectivity index (χ4v) is 2.43. The Labute approximate surface area is 126 Å². The van der Waals surface area contributed by atoms with Crippen molar-refractivity contribution in [1.82, 2.24) is 15.1 Å². The average molecular weight is 291 g/mol. The van der Waals surface area contributed by atoms with Crippen LogP contribution in [0.15, 0.2) is 24.3 Å². The summed E-state index contributed by atoms with van der Waals surface area (Å²) < 4.78 is 4.93. The zero-order chi connectivity index (χ0) is 15.1. The predicted octanol–water partition coefficient (Wildman–Crippen LogP) is 1.47. The van der Waals surface area contributed by atoms with Crippen LogP contribution in [0.1, 0.15) is 11.1 Å². The Hall–Kier alpha value is -1.59. The van der Waals surface area contributed by atoms with Crippen molar-refractivity contribution in [1.29, 1.82) is 0 Å². The van der Waals surface area contributed by atoms with E-state index in [1.807, 2.05) is 4.90 Å². The van der Waals surface area contributed by atoms with E-state index in [0.717, 1.165) is 32.7 Å². The Balaban J connectivity index is 1.72. The maximum atomic E-state index is 11.9. The maximum Gasteiger partial charge on any atom is 0.317 e. The van der Waals surface area contributed by atoms with Crippen molar-refractivity contribution in [2.24, 2.45) is 0 Å². The van der Waals surface area contributed by atoms with E-state index >= 15 is 0 Å². The first kappa shape index (κ1) is 15.8. The highest BCUT2D eigenvalue weighted by Gasteiger charge is 2.20. The molecule has 0 radical (unpaired) electrons. The van der Waals surface area contributed by atoms with Crippen molar-refractivity contribution in [3.8, 4) is 0 Å². The molecule has 1 N–H and O–H groups in total. The topological polar surface area (TPSA) is 44.8 Å². The number of ether oxygens (including phenoxy) is 1. The summed E-state index contributed by atoms with van der Waals surface area (Å²) in [5, 5.41) is 2.87. The van der Waals surface area contributed by atoms with Crippen molar-refractivity contribution in [2.75, 3.05) is 46.4 Å². The van der Waals surface area contributed by atoms with Gasteiger partial charge in [-0.2, -0.15) is 0 Å². The number of benzene rings is 1. The summed E-state index contributed by atoms with van der Waals surface area (Å²) in [5.74, 6) is 0. The van der Waals surface area contributed by atoms with E-state index in [-0.39, 0.29) is 6.03 Å². The first-order valence-electron chi connectivity index (χ1n) is 7.48. The van der Waals surface area contributed by atoms with Gasteiger partial charge >= 0.3 is 6.03 Å². The van der Waals surface area contributed by atoms with E-state index in [1.54, 1.807) is 7.11 Å². The molecule has 0 unspecified atom stereocenters. The lowest BCUT2D eigenvalue weighted by molar-refractivity contribution is 0.132. The van der Waals surface area contributed by atoms with Crippen molar-refractivity contribution in [3.05, 3.63) is 35.4 Å². The summed E-state index contributed by atoms with van der Waals surface area (Å²) in [6.07, 6.45) is 0. The standard InChI is InChI=1S/C16H25N3O2/c1-14-3-5-15(6-4-14)13-18-8-10-19(11-9-18)16(20)17-7-12-21-2/h3-6H,7-13H2,1-2H3,(H,17,20). The zero-order valence-electron chi connectivity index (χ0n) is 13.0. The highest BCUT2D eigenvalue weighted by atomic mass is 16.5. The van der Waals surface area contributed by atoms with Crippen molar-refractivity contribution < 1.29 is 9.53 Å². The number of urea groups is 1. The molecule has 1 aromatic rings. The maximum absolute atomic E-state index is 11.9. The molecule has 1 aliphatic heterocycles. The van der Waals surface area contributed by atoms with Crippen LogP contribution in [0, 0.1) is 6.92 Å². The number of hydrogen-bond donors (Lipinski definition) is 1. The molecule has 2 rings (SSSR count). The smallest absolute Gasteiger partial charge is 0.317 e. The number of hydrogen-bond acceptors (Lipinski definition) is 3. The van der Waals surface area contributed by atoms with Crippen LogP contribution >= 0.6 is 0 Å². The molecule has 0 spiro atoms. The Morgan fingerprint density at radius 1 is 1.19 bits per heavy atom. The van der Waals surface area contributed by atoms with Crippen molar-refractivity contribution in [2.45, 2.75) is 13.5 Å². The second-order valence-corrected chi connectivity index (χ2v) is 5.47. The number of piperazine rings is 1. The number of methoxy groups -OCH3 is 1. The van der Waals surface area contributed by atoms with Gasteiger partial charge in [0.2, 0.25) is 0 Å². The van der Waals surface area contributed by atoms with Crippen molar-refractivity contribution in [3.63, 3.8) is 0 Å². The summed E-state index contributed by atoms with van der Waals surface area (Å²) in [7, 11) is 1.63. The minimum absolute atomic E-state index is 0.0158. The molecule has 1 aromatic carbocycles. The van der Waals surface area contributed by atoms with Crippen LogP contribution in [0.3, 0.4) is 0 Å². The molecule has 1 saturated heterocycles. The van der Waals surface area contributed by atoms with Crippen molar-refractivity contribution >= 4 is 6.03 Å². The molecular weight excluding hydrogens is 266 g/mol. The van der Waals surface area contributed by atoms with Gasteiger partial charge in [-0.15, -0.1) is 0 Å². The molecule has 0 saturated carbocycles. The van der Waals surface area contributed by atoms with Gasteiger partial charge in [-0.05, 0) is 12.5 Å². The molecule has 1 heterocycles.